The van der Waals surface area contributed by atoms with Gasteiger partial charge in [0.2, 0.25) is 0 Å². The fourth-order valence-electron chi connectivity index (χ4n) is 2.06. The second-order valence-corrected chi connectivity index (χ2v) is 5.22. The van der Waals surface area contributed by atoms with Gasteiger partial charge >= 0.3 is 0 Å². The Kier molecular flexibility index (Phi) is 5.38. The maximum Gasteiger partial charge on any atom is 0.123 e. The van der Waals surface area contributed by atoms with Crippen LogP contribution in [0.1, 0.15) is 30.0 Å². The molecule has 0 unspecified atom stereocenters. The maximum absolute atomic E-state index is 8.71. The highest BCUT2D eigenvalue weighted by atomic mass is 16.5. The van der Waals surface area contributed by atoms with E-state index in [9.17, 15) is 0 Å². The zero-order chi connectivity index (χ0) is 15.1. The van der Waals surface area contributed by atoms with E-state index < -0.39 is 0 Å². The highest BCUT2D eigenvalue weighted by molar-refractivity contribution is 5.81. The maximum atomic E-state index is 8.71. The quantitative estimate of drug-likeness (QED) is 0.486. The first kappa shape index (κ1) is 15.1. The fraction of sp³-hybridized carbons (Fsp3) is 0.278. The van der Waals surface area contributed by atoms with E-state index >= 15 is 0 Å². The average molecular weight is 283 g/mol. The molecule has 0 aliphatic rings. The first-order chi connectivity index (χ1) is 10.2. The number of oxime groups is 1. The van der Waals surface area contributed by atoms with Crippen LogP contribution in [0.4, 0.5) is 0 Å². The molecule has 0 aliphatic heterocycles. The molecule has 0 bridgehead atoms. The third-order valence-corrected chi connectivity index (χ3v) is 3.41. The molecule has 3 nitrogen and oxygen atoms in total. The van der Waals surface area contributed by atoms with Gasteiger partial charge in [-0.05, 0) is 43.9 Å². The number of para-hydroxylation sites is 1. The minimum absolute atomic E-state index is 0.560. The molecule has 0 spiro atoms. The van der Waals surface area contributed by atoms with Crippen molar-refractivity contribution in [1.82, 2.24) is 0 Å². The van der Waals surface area contributed by atoms with Gasteiger partial charge in [-0.25, -0.2) is 0 Å². The van der Waals surface area contributed by atoms with Crippen LogP contribution >= 0.6 is 0 Å². The molecule has 2 rings (SSSR count). The molecule has 0 saturated carbocycles. The van der Waals surface area contributed by atoms with Gasteiger partial charge in [0.05, 0.1) is 5.71 Å². The van der Waals surface area contributed by atoms with Gasteiger partial charge in [-0.2, -0.15) is 0 Å². The van der Waals surface area contributed by atoms with E-state index in [1.807, 2.05) is 25.1 Å². The van der Waals surface area contributed by atoms with Crippen molar-refractivity contribution < 1.29 is 9.94 Å². The molecule has 1 N–H and O–H groups in total. The molecule has 0 aliphatic carbocycles. The molecule has 0 radical (unpaired) electrons. The number of benzene rings is 2. The van der Waals surface area contributed by atoms with E-state index in [4.69, 9.17) is 9.94 Å². The standard InChI is InChI=1S/C18H21NO2/c1-14-7-10-16(11-8-14)13-21-18-6-4-3-5-17(18)12-9-15(2)19-20/h3-8,10-11,20H,9,12-13H2,1-2H3/b19-15+. The molecule has 2 aromatic rings. The highest BCUT2D eigenvalue weighted by Crippen LogP contribution is 2.21. The largest absolute Gasteiger partial charge is 0.489 e. The molecule has 3 heteroatoms. The van der Waals surface area contributed by atoms with Crippen molar-refractivity contribution >= 4 is 5.71 Å². The summed E-state index contributed by atoms with van der Waals surface area (Å²) in [7, 11) is 0. The Balaban J connectivity index is 2.00. The van der Waals surface area contributed by atoms with Crippen LogP contribution in [0, 0.1) is 6.92 Å². The second-order valence-electron chi connectivity index (χ2n) is 5.22. The summed E-state index contributed by atoms with van der Waals surface area (Å²) in [5, 5.41) is 11.9. The van der Waals surface area contributed by atoms with Gasteiger partial charge in [0.25, 0.3) is 0 Å². The molecule has 2 aromatic carbocycles. The lowest BCUT2D eigenvalue weighted by Crippen LogP contribution is -2.01. The van der Waals surface area contributed by atoms with Crippen molar-refractivity contribution in [2.45, 2.75) is 33.3 Å². The minimum Gasteiger partial charge on any atom is -0.489 e. The first-order valence-electron chi connectivity index (χ1n) is 7.13. The molecular formula is C18H21NO2. The Bertz CT molecular complexity index is 603. The van der Waals surface area contributed by atoms with Crippen molar-refractivity contribution in [2.24, 2.45) is 5.16 Å². The summed E-state index contributed by atoms with van der Waals surface area (Å²) in [6.07, 6.45) is 1.53. The predicted octanol–water partition coefficient (Wildman–Crippen LogP) is 4.36. The molecule has 0 heterocycles. The minimum atomic E-state index is 0.560. The van der Waals surface area contributed by atoms with E-state index in [2.05, 4.69) is 42.4 Å². The number of nitrogens with zero attached hydrogens (tertiary/aromatic N) is 1. The zero-order valence-electron chi connectivity index (χ0n) is 12.5. The van der Waals surface area contributed by atoms with Crippen LogP contribution in [0.3, 0.4) is 0 Å². The smallest absolute Gasteiger partial charge is 0.123 e. The number of hydrogen-bond acceptors (Lipinski definition) is 3. The average Bonchev–Trinajstić information content (AvgIpc) is 2.52. The van der Waals surface area contributed by atoms with Crippen molar-refractivity contribution in [3.05, 3.63) is 65.2 Å². The van der Waals surface area contributed by atoms with Crippen LogP contribution < -0.4 is 4.74 Å². The lowest BCUT2D eigenvalue weighted by atomic mass is 10.1. The Morgan fingerprint density at radius 2 is 1.81 bits per heavy atom. The molecule has 0 saturated heterocycles. The van der Waals surface area contributed by atoms with Gasteiger partial charge in [0.15, 0.2) is 0 Å². The normalized spacial score (nSPS) is 11.4. The summed E-state index contributed by atoms with van der Waals surface area (Å²) in [6, 6.07) is 16.4. The van der Waals surface area contributed by atoms with Crippen molar-refractivity contribution in [3.8, 4) is 5.75 Å². The number of ether oxygens (including phenoxy) is 1. The fourth-order valence-corrected chi connectivity index (χ4v) is 2.06. The Morgan fingerprint density at radius 3 is 2.52 bits per heavy atom. The topological polar surface area (TPSA) is 41.8 Å². The van der Waals surface area contributed by atoms with Crippen LogP contribution in [0.2, 0.25) is 0 Å². The molecule has 0 aromatic heterocycles. The van der Waals surface area contributed by atoms with Crippen LogP contribution in [0.5, 0.6) is 5.75 Å². The molecule has 0 fully saturated rings. The molecule has 21 heavy (non-hydrogen) atoms. The van der Waals surface area contributed by atoms with Gasteiger partial charge in [-0.3, -0.25) is 0 Å². The summed E-state index contributed by atoms with van der Waals surface area (Å²) >= 11 is 0. The van der Waals surface area contributed by atoms with Gasteiger partial charge < -0.3 is 9.94 Å². The van der Waals surface area contributed by atoms with E-state index in [0.717, 1.165) is 35.4 Å². The lowest BCUT2D eigenvalue weighted by Gasteiger charge is -2.11. The van der Waals surface area contributed by atoms with E-state index in [-0.39, 0.29) is 0 Å². The van der Waals surface area contributed by atoms with Gasteiger partial charge in [-0.15, -0.1) is 0 Å². The monoisotopic (exact) mass is 283 g/mol. The van der Waals surface area contributed by atoms with Crippen molar-refractivity contribution in [3.63, 3.8) is 0 Å². The molecule has 0 amide bonds. The van der Waals surface area contributed by atoms with Crippen molar-refractivity contribution in [2.75, 3.05) is 0 Å². The van der Waals surface area contributed by atoms with E-state index in [1.165, 1.54) is 5.56 Å². The summed E-state index contributed by atoms with van der Waals surface area (Å²) in [4.78, 5) is 0. The third-order valence-electron chi connectivity index (χ3n) is 3.41. The van der Waals surface area contributed by atoms with Crippen LogP contribution in [0.15, 0.2) is 53.7 Å². The Labute approximate surface area is 125 Å². The number of aryl methyl sites for hydroxylation is 2. The van der Waals surface area contributed by atoms with Gasteiger partial charge in [-0.1, -0.05) is 53.2 Å². The van der Waals surface area contributed by atoms with Gasteiger partial charge in [0.1, 0.15) is 12.4 Å². The summed E-state index contributed by atoms with van der Waals surface area (Å²) < 4.78 is 5.93. The first-order valence-corrected chi connectivity index (χ1v) is 7.13. The highest BCUT2D eigenvalue weighted by Gasteiger charge is 2.04. The summed E-state index contributed by atoms with van der Waals surface area (Å²) in [5.74, 6) is 0.892. The third kappa shape index (κ3) is 4.63. The number of hydrogen-bond donors (Lipinski definition) is 1. The second kappa shape index (κ2) is 7.48. The van der Waals surface area contributed by atoms with Crippen LogP contribution in [-0.4, -0.2) is 10.9 Å². The van der Waals surface area contributed by atoms with Crippen LogP contribution in [-0.2, 0) is 13.0 Å². The van der Waals surface area contributed by atoms with Crippen LogP contribution in [0.25, 0.3) is 0 Å². The predicted molar refractivity (Wildman–Crippen MR) is 85.2 cm³/mol. The van der Waals surface area contributed by atoms with Crippen molar-refractivity contribution in [1.29, 1.82) is 0 Å². The van der Waals surface area contributed by atoms with Gasteiger partial charge in [0, 0.05) is 0 Å². The van der Waals surface area contributed by atoms with E-state index in [0.29, 0.717) is 6.61 Å². The SMILES string of the molecule is C/C(CCc1ccccc1OCc1ccc(C)cc1)=N\O. The molecular weight excluding hydrogens is 262 g/mol. The zero-order valence-corrected chi connectivity index (χ0v) is 12.5. The van der Waals surface area contributed by atoms with E-state index in [1.54, 1.807) is 0 Å². The Hall–Kier alpha value is -2.29. The molecule has 110 valence electrons. The summed E-state index contributed by atoms with van der Waals surface area (Å²) in [5.41, 5.74) is 4.26. The Morgan fingerprint density at radius 1 is 1.10 bits per heavy atom. The molecule has 0 atom stereocenters. The number of rotatable bonds is 6. The summed E-state index contributed by atoms with van der Waals surface area (Å²) in [6.45, 7) is 4.45. The lowest BCUT2D eigenvalue weighted by molar-refractivity contribution is 0.302.